The normalized spacial score (nSPS) is 19.5. The monoisotopic (exact) mass is 200 g/mol. The lowest BCUT2D eigenvalue weighted by Gasteiger charge is -2.28. The molecule has 0 radical (unpaired) electrons. The fourth-order valence-corrected chi connectivity index (χ4v) is 1.63. The van der Waals surface area contributed by atoms with Crippen LogP contribution >= 0.6 is 0 Å². The number of carboxylic acid groups (broad SMARTS) is 1. The first-order chi connectivity index (χ1) is 6.59. The van der Waals surface area contributed by atoms with Gasteiger partial charge in [-0.2, -0.15) is 0 Å². The van der Waals surface area contributed by atoms with Gasteiger partial charge in [0.25, 0.3) is 0 Å². The quantitative estimate of drug-likeness (QED) is 0.658. The second kappa shape index (κ2) is 4.95. The van der Waals surface area contributed by atoms with Crippen LogP contribution in [0.4, 0.5) is 0 Å². The largest absolute Gasteiger partial charge is 0.481 e. The molecule has 1 unspecified atom stereocenters. The van der Waals surface area contributed by atoms with E-state index >= 15 is 0 Å². The Hall–Kier alpha value is -1.10. The summed E-state index contributed by atoms with van der Waals surface area (Å²) in [5, 5.41) is 8.50. The van der Waals surface area contributed by atoms with Crippen LogP contribution in [0.5, 0.6) is 0 Å². The highest BCUT2D eigenvalue weighted by atomic mass is 16.4. The number of nitrogens with zero attached hydrogens (tertiary/aromatic N) is 1. The fraction of sp³-hybridized carbons (Fsp3) is 0.778. The summed E-state index contributed by atoms with van der Waals surface area (Å²) in [5.74, 6) is -0.820. The Bertz CT molecular complexity index is 230. The van der Waals surface area contributed by atoms with Gasteiger partial charge in [-0.1, -0.05) is 0 Å². The van der Waals surface area contributed by atoms with Gasteiger partial charge in [-0.05, 0) is 12.8 Å². The van der Waals surface area contributed by atoms with Crippen molar-refractivity contribution in [2.45, 2.75) is 31.7 Å². The summed E-state index contributed by atoms with van der Waals surface area (Å²) in [6, 6.07) is -0.449. The highest BCUT2D eigenvalue weighted by Gasteiger charge is 2.20. The van der Waals surface area contributed by atoms with E-state index in [1.54, 1.807) is 4.90 Å². The zero-order chi connectivity index (χ0) is 10.6. The fourth-order valence-electron chi connectivity index (χ4n) is 1.63. The van der Waals surface area contributed by atoms with Crippen LogP contribution in [0.2, 0.25) is 0 Å². The third kappa shape index (κ3) is 3.33. The minimum absolute atomic E-state index is 0.0796. The van der Waals surface area contributed by atoms with Gasteiger partial charge in [0.2, 0.25) is 5.91 Å². The molecule has 5 nitrogen and oxygen atoms in total. The third-order valence-corrected chi connectivity index (χ3v) is 2.31. The van der Waals surface area contributed by atoms with Crippen LogP contribution in [-0.2, 0) is 9.59 Å². The number of piperidine rings is 1. The van der Waals surface area contributed by atoms with Crippen LogP contribution in [0.15, 0.2) is 0 Å². The van der Waals surface area contributed by atoms with E-state index in [0.717, 1.165) is 12.8 Å². The van der Waals surface area contributed by atoms with Crippen LogP contribution in [0, 0.1) is 0 Å². The Kier molecular flexibility index (Phi) is 3.88. The van der Waals surface area contributed by atoms with Crippen LogP contribution in [0.25, 0.3) is 0 Å². The van der Waals surface area contributed by atoms with Crippen molar-refractivity contribution in [3.05, 3.63) is 0 Å². The SMILES string of the molecule is NC(CC(=O)O)CN1CCCCC1=O. The molecule has 0 aromatic heterocycles. The molecule has 3 N–H and O–H groups in total. The molecule has 1 atom stereocenters. The minimum atomic E-state index is -0.915. The molecule has 1 saturated heterocycles. The molecular weight excluding hydrogens is 184 g/mol. The van der Waals surface area contributed by atoms with Crippen LogP contribution in [0.3, 0.4) is 0 Å². The van der Waals surface area contributed by atoms with Crippen molar-refractivity contribution < 1.29 is 14.7 Å². The summed E-state index contributed by atoms with van der Waals surface area (Å²) < 4.78 is 0. The van der Waals surface area contributed by atoms with E-state index in [1.807, 2.05) is 0 Å². The number of carbonyl (C=O) groups excluding carboxylic acids is 1. The van der Waals surface area contributed by atoms with E-state index in [0.29, 0.717) is 19.5 Å². The lowest BCUT2D eigenvalue weighted by Crippen LogP contribution is -2.44. The Balaban J connectivity index is 2.34. The Morgan fingerprint density at radius 1 is 1.57 bits per heavy atom. The predicted octanol–water partition coefficient (Wildman–Crippen LogP) is -0.199. The van der Waals surface area contributed by atoms with E-state index in [9.17, 15) is 9.59 Å². The predicted molar refractivity (Wildman–Crippen MR) is 50.7 cm³/mol. The van der Waals surface area contributed by atoms with Crippen molar-refractivity contribution in [2.24, 2.45) is 5.73 Å². The van der Waals surface area contributed by atoms with Gasteiger partial charge in [-0.3, -0.25) is 9.59 Å². The summed E-state index contributed by atoms with van der Waals surface area (Å²) in [7, 11) is 0. The molecule has 0 aliphatic carbocycles. The molecule has 1 aliphatic heterocycles. The number of amides is 1. The molecule has 1 fully saturated rings. The van der Waals surface area contributed by atoms with Crippen molar-refractivity contribution in [1.82, 2.24) is 4.90 Å². The summed E-state index contributed by atoms with van der Waals surface area (Å²) in [6.07, 6.45) is 2.42. The van der Waals surface area contributed by atoms with Gasteiger partial charge in [0.1, 0.15) is 0 Å². The number of hydrogen-bond acceptors (Lipinski definition) is 3. The van der Waals surface area contributed by atoms with E-state index in [4.69, 9.17) is 10.8 Å². The molecule has 80 valence electrons. The Morgan fingerprint density at radius 2 is 2.29 bits per heavy atom. The van der Waals surface area contributed by atoms with Crippen molar-refractivity contribution in [3.8, 4) is 0 Å². The molecule has 0 saturated carbocycles. The van der Waals surface area contributed by atoms with Crippen molar-refractivity contribution in [3.63, 3.8) is 0 Å². The van der Waals surface area contributed by atoms with Crippen LogP contribution in [-0.4, -0.2) is 41.0 Å². The zero-order valence-corrected chi connectivity index (χ0v) is 8.11. The second-order valence-electron chi connectivity index (χ2n) is 3.65. The molecule has 5 heteroatoms. The molecule has 0 spiro atoms. The van der Waals surface area contributed by atoms with Crippen LogP contribution in [0.1, 0.15) is 25.7 Å². The molecular formula is C9H16N2O3. The van der Waals surface area contributed by atoms with E-state index in [2.05, 4.69) is 0 Å². The van der Waals surface area contributed by atoms with Crippen molar-refractivity contribution >= 4 is 11.9 Å². The van der Waals surface area contributed by atoms with Crippen LogP contribution < -0.4 is 5.73 Å². The lowest BCUT2D eigenvalue weighted by molar-refractivity contribution is -0.139. The number of aliphatic carboxylic acids is 1. The first-order valence-corrected chi connectivity index (χ1v) is 4.84. The highest BCUT2D eigenvalue weighted by molar-refractivity contribution is 5.77. The van der Waals surface area contributed by atoms with Crippen molar-refractivity contribution in [2.75, 3.05) is 13.1 Å². The number of rotatable bonds is 4. The number of hydrogen-bond donors (Lipinski definition) is 2. The number of likely N-dealkylation sites (tertiary alicyclic amines) is 1. The summed E-state index contributed by atoms with van der Waals surface area (Å²) in [5.41, 5.74) is 5.59. The van der Waals surface area contributed by atoms with Gasteiger partial charge in [0, 0.05) is 25.6 Å². The second-order valence-corrected chi connectivity index (χ2v) is 3.65. The molecule has 14 heavy (non-hydrogen) atoms. The van der Waals surface area contributed by atoms with Gasteiger partial charge < -0.3 is 15.7 Å². The number of carbonyl (C=O) groups is 2. The molecule has 0 bridgehead atoms. The molecule has 0 aromatic carbocycles. The number of nitrogens with two attached hydrogens (primary N) is 1. The Morgan fingerprint density at radius 3 is 2.86 bits per heavy atom. The van der Waals surface area contributed by atoms with Gasteiger partial charge >= 0.3 is 5.97 Å². The summed E-state index contributed by atoms with van der Waals surface area (Å²) in [6.45, 7) is 1.08. The Labute approximate surface area is 82.9 Å². The molecule has 1 amide bonds. The standard InChI is InChI=1S/C9H16N2O3/c10-7(5-9(13)14)6-11-4-2-1-3-8(11)12/h7H,1-6,10H2,(H,13,14). The zero-order valence-electron chi connectivity index (χ0n) is 8.11. The van der Waals surface area contributed by atoms with E-state index in [-0.39, 0.29) is 12.3 Å². The first kappa shape index (κ1) is 11.0. The molecule has 0 aromatic rings. The summed E-state index contributed by atoms with van der Waals surface area (Å²) >= 11 is 0. The molecule has 1 rings (SSSR count). The third-order valence-electron chi connectivity index (χ3n) is 2.31. The highest BCUT2D eigenvalue weighted by Crippen LogP contribution is 2.10. The average Bonchev–Trinajstić information content (AvgIpc) is 2.07. The van der Waals surface area contributed by atoms with Crippen molar-refractivity contribution in [1.29, 1.82) is 0 Å². The van der Waals surface area contributed by atoms with Gasteiger partial charge in [0.05, 0.1) is 6.42 Å². The first-order valence-electron chi connectivity index (χ1n) is 4.84. The van der Waals surface area contributed by atoms with E-state index in [1.165, 1.54) is 0 Å². The summed E-state index contributed by atoms with van der Waals surface area (Å²) in [4.78, 5) is 23.4. The number of carboxylic acids is 1. The molecule has 1 aliphatic rings. The van der Waals surface area contributed by atoms with Gasteiger partial charge in [0.15, 0.2) is 0 Å². The topological polar surface area (TPSA) is 83.6 Å². The van der Waals surface area contributed by atoms with E-state index < -0.39 is 12.0 Å². The lowest BCUT2D eigenvalue weighted by atomic mass is 10.1. The maximum absolute atomic E-state index is 11.3. The minimum Gasteiger partial charge on any atom is -0.481 e. The molecule has 1 heterocycles. The van der Waals surface area contributed by atoms with Gasteiger partial charge in [-0.25, -0.2) is 0 Å². The smallest absolute Gasteiger partial charge is 0.304 e. The average molecular weight is 200 g/mol. The maximum Gasteiger partial charge on any atom is 0.304 e. The van der Waals surface area contributed by atoms with Gasteiger partial charge in [-0.15, -0.1) is 0 Å². The maximum atomic E-state index is 11.3.